The Kier molecular flexibility index (Phi) is 7.56. The number of rotatable bonds is 2. The molecule has 2 saturated heterocycles. The molecule has 3 heterocycles. The fourth-order valence-electron chi connectivity index (χ4n) is 5.50. The van der Waals surface area contributed by atoms with Crippen molar-refractivity contribution in [2.75, 3.05) is 46.4 Å². The van der Waals surface area contributed by atoms with Crippen LogP contribution in [0.4, 0.5) is 0 Å². The summed E-state index contributed by atoms with van der Waals surface area (Å²) in [6, 6.07) is 8.20. The number of hydrogen-bond acceptors (Lipinski definition) is 4. The number of likely N-dealkylation sites (tertiary alicyclic amines) is 2. The second-order valence-electron chi connectivity index (χ2n) is 9.82. The van der Waals surface area contributed by atoms with E-state index in [4.69, 9.17) is 4.74 Å². The molecule has 3 amide bonds. The summed E-state index contributed by atoms with van der Waals surface area (Å²) < 4.78 is 6.04. The van der Waals surface area contributed by atoms with Gasteiger partial charge in [0.25, 0.3) is 0 Å². The molecule has 1 spiro atoms. The maximum Gasteiger partial charge on any atom is 0.242 e. The lowest BCUT2D eigenvalue weighted by atomic mass is 9.73. The summed E-state index contributed by atoms with van der Waals surface area (Å²) in [5.41, 5.74) is 0.833. The highest BCUT2D eigenvalue weighted by atomic mass is 16.5. The topological polar surface area (TPSA) is 70.2 Å². The van der Waals surface area contributed by atoms with Gasteiger partial charge in [-0.05, 0) is 50.2 Å². The number of carbonyl (C=O) groups excluding carboxylic acids is 3. The number of amides is 3. The van der Waals surface area contributed by atoms with E-state index >= 15 is 0 Å². The maximum atomic E-state index is 13.6. The number of fused-ring (bicyclic) bond motifs is 1. The van der Waals surface area contributed by atoms with Crippen molar-refractivity contribution < 1.29 is 19.1 Å². The van der Waals surface area contributed by atoms with Crippen LogP contribution in [0.15, 0.2) is 24.3 Å². The lowest BCUT2D eigenvalue weighted by Crippen LogP contribution is -2.52. The van der Waals surface area contributed by atoms with Crippen molar-refractivity contribution >= 4 is 17.7 Å². The van der Waals surface area contributed by atoms with Crippen LogP contribution in [0.1, 0.15) is 56.9 Å². The highest BCUT2D eigenvalue weighted by Gasteiger charge is 2.43. The SMILES string of the molecule is CN1CCOc2ccccc2CCCCCC2(CCN(C(=O)CN3CCCC3=O)CC2)C1=O. The summed E-state index contributed by atoms with van der Waals surface area (Å²) in [6.45, 7) is 3.05. The van der Waals surface area contributed by atoms with Crippen molar-refractivity contribution in [2.24, 2.45) is 5.41 Å². The molecule has 0 aromatic heterocycles. The predicted octanol–water partition coefficient (Wildman–Crippen LogP) is 2.87. The third-order valence-electron chi connectivity index (χ3n) is 7.63. The van der Waals surface area contributed by atoms with Crippen molar-refractivity contribution in [1.29, 1.82) is 0 Å². The Morgan fingerprint density at radius 2 is 1.73 bits per heavy atom. The van der Waals surface area contributed by atoms with Crippen LogP contribution in [0, 0.1) is 5.41 Å². The number of ether oxygens (including phenoxy) is 1. The van der Waals surface area contributed by atoms with Crippen LogP contribution in [-0.4, -0.2) is 78.8 Å². The molecule has 180 valence electrons. The lowest BCUT2D eigenvalue weighted by Gasteiger charge is -2.43. The third kappa shape index (κ3) is 5.50. The van der Waals surface area contributed by atoms with E-state index in [1.54, 1.807) is 4.90 Å². The number of carbonyl (C=O) groups is 3. The Morgan fingerprint density at radius 1 is 0.939 bits per heavy atom. The first-order valence-electron chi connectivity index (χ1n) is 12.5. The van der Waals surface area contributed by atoms with Crippen LogP contribution in [0.2, 0.25) is 0 Å². The van der Waals surface area contributed by atoms with Gasteiger partial charge >= 0.3 is 0 Å². The Balaban J connectivity index is 1.39. The monoisotopic (exact) mass is 455 g/mol. The van der Waals surface area contributed by atoms with Gasteiger partial charge < -0.3 is 19.4 Å². The first-order chi connectivity index (χ1) is 16.0. The molecule has 0 N–H and O–H groups in total. The van der Waals surface area contributed by atoms with Crippen molar-refractivity contribution in [3.8, 4) is 5.75 Å². The second kappa shape index (κ2) is 10.6. The highest BCUT2D eigenvalue weighted by Crippen LogP contribution is 2.39. The zero-order valence-corrected chi connectivity index (χ0v) is 19.9. The number of likely N-dealkylation sites (N-methyl/N-ethyl adjacent to an activating group) is 1. The van der Waals surface area contributed by atoms with Gasteiger partial charge in [-0.3, -0.25) is 14.4 Å². The summed E-state index contributed by atoms with van der Waals surface area (Å²) in [6.07, 6.45) is 7.79. The van der Waals surface area contributed by atoms with Gasteiger partial charge in [-0.2, -0.15) is 0 Å². The molecular formula is C26H37N3O4. The minimum absolute atomic E-state index is 0.0108. The molecule has 7 heteroatoms. The smallest absolute Gasteiger partial charge is 0.242 e. The van der Waals surface area contributed by atoms with E-state index < -0.39 is 5.41 Å². The quantitative estimate of drug-likeness (QED) is 0.688. The predicted molar refractivity (Wildman–Crippen MR) is 126 cm³/mol. The zero-order chi connectivity index (χ0) is 23.3. The van der Waals surface area contributed by atoms with Gasteiger partial charge in [0.1, 0.15) is 12.4 Å². The van der Waals surface area contributed by atoms with Crippen molar-refractivity contribution in [1.82, 2.24) is 14.7 Å². The van der Waals surface area contributed by atoms with E-state index in [9.17, 15) is 14.4 Å². The largest absolute Gasteiger partial charge is 0.491 e. The Bertz CT molecular complexity index is 863. The van der Waals surface area contributed by atoms with Gasteiger partial charge in [0.2, 0.25) is 17.7 Å². The van der Waals surface area contributed by atoms with E-state index in [0.29, 0.717) is 52.0 Å². The van der Waals surface area contributed by atoms with Crippen LogP contribution in [0.3, 0.4) is 0 Å². The van der Waals surface area contributed by atoms with Crippen LogP contribution in [0.5, 0.6) is 5.75 Å². The molecule has 0 bridgehead atoms. The summed E-state index contributed by atoms with van der Waals surface area (Å²) in [5.74, 6) is 1.20. The third-order valence-corrected chi connectivity index (χ3v) is 7.63. The van der Waals surface area contributed by atoms with Gasteiger partial charge in [-0.25, -0.2) is 0 Å². The number of nitrogens with zero attached hydrogens (tertiary/aromatic N) is 3. The van der Waals surface area contributed by atoms with Gasteiger partial charge in [0, 0.05) is 33.1 Å². The Morgan fingerprint density at radius 3 is 2.48 bits per heavy atom. The average Bonchev–Trinajstić information content (AvgIpc) is 3.23. The van der Waals surface area contributed by atoms with Gasteiger partial charge in [0.05, 0.1) is 18.5 Å². The van der Waals surface area contributed by atoms with E-state index in [2.05, 4.69) is 12.1 Å². The molecule has 2 fully saturated rings. The normalized spacial score (nSPS) is 22.3. The molecule has 0 radical (unpaired) electrons. The molecular weight excluding hydrogens is 418 g/mol. The van der Waals surface area contributed by atoms with Crippen LogP contribution < -0.4 is 4.74 Å². The number of hydrogen-bond donors (Lipinski definition) is 0. The molecule has 1 aromatic carbocycles. The molecule has 0 atom stereocenters. The lowest BCUT2D eigenvalue weighted by molar-refractivity contribution is -0.149. The summed E-state index contributed by atoms with van der Waals surface area (Å²) in [7, 11) is 1.87. The molecule has 0 aliphatic carbocycles. The Labute approximate surface area is 197 Å². The van der Waals surface area contributed by atoms with Crippen molar-refractivity contribution in [3.05, 3.63) is 29.8 Å². The fraction of sp³-hybridized carbons (Fsp3) is 0.654. The summed E-state index contributed by atoms with van der Waals surface area (Å²) >= 11 is 0. The van der Waals surface area contributed by atoms with E-state index in [1.165, 1.54) is 5.56 Å². The average molecular weight is 456 g/mol. The highest BCUT2D eigenvalue weighted by molar-refractivity contribution is 5.86. The maximum absolute atomic E-state index is 13.6. The van der Waals surface area contributed by atoms with E-state index in [-0.39, 0.29) is 24.3 Å². The first-order valence-corrected chi connectivity index (χ1v) is 12.5. The molecule has 33 heavy (non-hydrogen) atoms. The van der Waals surface area contributed by atoms with Crippen LogP contribution >= 0.6 is 0 Å². The van der Waals surface area contributed by atoms with Gasteiger partial charge in [0.15, 0.2) is 0 Å². The Hall–Kier alpha value is -2.57. The van der Waals surface area contributed by atoms with Crippen molar-refractivity contribution in [2.45, 2.75) is 57.8 Å². The summed E-state index contributed by atoms with van der Waals surface area (Å²) in [4.78, 5) is 43.6. The number of piperidine rings is 1. The minimum atomic E-state index is -0.407. The zero-order valence-electron chi connectivity index (χ0n) is 19.9. The number of para-hydroxylation sites is 1. The molecule has 4 rings (SSSR count). The van der Waals surface area contributed by atoms with E-state index in [0.717, 1.165) is 44.3 Å². The fourth-order valence-corrected chi connectivity index (χ4v) is 5.50. The molecule has 0 saturated carbocycles. The molecule has 3 aliphatic rings. The minimum Gasteiger partial charge on any atom is -0.491 e. The molecule has 0 unspecified atom stereocenters. The molecule has 3 aliphatic heterocycles. The van der Waals surface area contributed by atoms with Crippen LogP contribution in [-0.2, 0) is 20.8 Å². The molecule has 1 aromatic rings. The standard InChI is InChI=1S/C26H37N3O4/c1-27-18-19-33-22-10-5-4-9-21(22)8-3-2-6-12-26(25(27)32)13-16-28(17-14-26)24(31)20-29-15-7-11-23(29)30/h4-5,9-10H,2-3,6-8,11-20H2,1H3. The van der Waals surface area contributed by atoms with Crippen molar-refractivity contribution in [3.63, 3.8) is 0 Å². The number of benzene rings is 1. The van der Waals surface area contributed by atoms with Gasteiger partial charge in [-0.1, -0.05) is 31.0 Å². The second-order valence-corrected chi connectivity index (χ2v) is 9.82. The number of aryl methyl sites for hydroxylation is 1. The van der Waals surface area contributed by atoms with Gasteiger partial charge in [-0.15, -0.1) is 0 Å². The van der Waals surface area contributed by atoms with Crippen LogP contribution in [0.25, 0.3) is 0 Å². The molecule has 7 nitrogen and oxygen atoms in total. The first kappa shape index (κ1) is 23.6. The summed E-state index contributed by atoms with van der Waals surface area (Å²) in [5, 5.41) is 0. The van der Waals surface area contributed by atoms with E-state index in [1.807, 2.05) is 29.0 Å².